The summed E-state index contributed by atoms with van der Waals surface area (Å²) in [4.78, 5) is 93.2. The van der Waals surface area contributed by atoms with Crippen molar-refractivity contribution in [3.05, 3.63) is 50.6 Å². The molecule has 0 aromatic carbocycles. The number of rotatable bonds is 15. The number of nitrogens with one attached hydrogen (secondary N) is 4. The fourth-order valence-electron chi connectivity index (χ4n) is 6.74. The highest BCUT2D eigenvalue weighted by molar-refractivity contribution is 5.92. The average Bonchev–Trinajstić information content (AvgIpc) is 4.06. The van der Waals surface area contributed by atoms with E-state index in [0.29, 0.717) is 25.7 Å². The quantitative estimate of drug-likeness (QED) is 0.0600. The normalized spacial score (nSPS) is 26.6. The molecule has 396 valence electrons. The van der Waals surface area contributed by atoms with E-state index in [1.165, 1.54) is 6.08 Å². The predicted octanol–water partition coefficient (Wildman–Crippen LogP) is 7.60. The van der Waals surface area contributed by atoms with Crippen LogP contribution in [0.3, 0.4) is 0 Å². The second-order valence-corrected chi connectivity index (χ2v) is 21.0. The third-order valence-corrected chi connectivity index (χ3v) is 10.4. The first-order valence-corrected chi connectivity index (χ1v) is 23.3. The standard InChI is InChI=1S/3C13H21NO4.C11H17NO4/c3*1-6-9-8-13(9,10(15)17-7-2)14-11(16)18-12(3,4)5;1-5-7-6-11(7,8(13)14)12-9(15)16-10(2,3)4/h3*6,9H,1,7-8H2,2-5H3,(H,14,16);5,7H,1,6H2,2-4H3,(H,12,15)(H,13,14)/t9-,13+;2*9-,13-;7-,11-/m0100/s1. The summed E-state index contributed by atoms with van der Waals surface area (Å²) in [6.07, 6.45) is 5.82. The topological polar surface area (TPSA) is 270 Å². The molecule has 0 aliphatic heterocycles. The number of ether oxygens (including phenoxy) is 7. The number of amides is 4. The van der Waals surface area contributed by atoms with Crippen molar-refractivity contribution < 1.29 is 76.6 Å². The lowest BCUT2D eigenvalue weighted by atomic mass is 10.2. The number of alkyl carbamates (subject to hydrolysis) is 4. The first-order chi connectivity index (χ1) is 32.0. The number of carbonyl (C=O) groups excluding carboxylic acids is 7. The molecule has 4 fully saturated rings. The van der Waals surface area contributed by atoms with E-state index < -0.39 is 92.8 Å². The van der Waals surface area contributed by atoms with Crippen molar-refractivity contribution in [3.63, 3.8) is 0 Å². The highest BCUT2D eigenvalue weighted by Crippen LogP contribution is 2.48. The van der Waals surface area contributed by atoms with Gasteiger partial charge in [-0.2, -0.15) is 0 Å². The van der Waals surface area contributed by atoms with E-state index in [9.17, 15) is 38.4 Å². The van der Waals surface area contributed by atoms with E-state index in [2.05, 4.69) is 47.6 Å². The van der Waals surface area contributed by atoms with Crippen molar-refractivity contribution in [1.82, 2.24) is 21.3 Å². The number of aliphatic carboxylic acids is 1. The molecule has 4 aliphatic rings. The summed E-state index contributed by atoms with van der Waals surface area (Å²) in [5.74, 6) is -2.85. The van der Waals surface area contributed by atoms with Gasteiger partial charge in [-0.3, -0.25) is 0 Å². The van der Waals surface area contributed by atoms with Gasteiger partial charge in [-0.05, 0) is 130 Å². The first kappa shape index (κ1) is 61.9. The number of carboxylic acid groups (broad SMARTS) is 1. The molecule has 0 bridgehead atoms. The fourth-order valence-corrected chi connectivity index (χ4v) is 6.74. The van der Waals surface area contributed by atoms with Gasteiger partial charge in [-0.1, -0.05) is 24.3 Å². The highest BCUT2D eigenvalue weighted by Gasteiger charge is 2.64. The second-order valence-electron chi connectivity index (χ2n) is 21.0. The lowest BCUT2D eigenvalue weighted by Crippen LogP contribution is -2.47. The molecule has 0 aromatic heterocycles. The molecule has 0 saturated heterocycles. The van der Waals surface area contributed by atoms with E-state index in [-0.39, 0.29) is 43.5 Å². The average molecular weight is 993 g/mol. The number of carbonyl (C=O) groups is 8. The summed E-state index contributed by atoms with van der Waals surface area (Å²) in [6, 6.07) is 0. The van der Waals surface area contributed by atoms with Crippen LogP contribution in [-0.2, 0) is 52.3 Å². The Labute approximate surface area is 413 Å². The molecule has 8 atom stereocenters. The van der Waals surface area contributed by atoms with Crippen LogP contribution in [-0.4, -0.2) is 118 Å². The molecule has 0 spiro atoms. The maximum atomic E-state index is 11.9. The summed E-state index contributed by atoms with van der Waals surface area (Å²) < 4.78 is 35.4. The molecule has 70 heavy (non-hydrogen) atoms. The van der Waals surface area contributed by atoms with E-state index >= 15 is 0 Å². The Morgan fingerprint density at radius 3 is 0.757 bits per heavy atom. The summed E-state index contributed by atoms with van der Waals surface area (Å²) in [6.45, 7) is 41.5. The van der Waals surface area contributed by atoms with E-state index in [1.54, 1.807) is 122 Å². The lowest BCUT2D eigenvalue weighted by Gasteiger charge is -2.23. The zero-order chi connectivity index (χ0) is 54.5. The number of esters is 3. The van der Waals surface area contributed by atoms with Gasteiger partial charge >= 0.3 is 48.3 Å². The monoisotopic (exact) mass is 993 g/mol. The molecule has 4 rings (SSSR count). The maximum absolute atomic E-state index is 11.9. The van der Waals surface area contributed by atoms with Crippen LogP contribution in [0.5, 0.6) is 0 Å². The molecule has 20 heteroatoms. The first-order valence-electron chi connectivity index (χ1n) is 23.3. The summed E-state index contributed by atoms with van der Waals surface area (Å²) in [5.41, 5.74) is -6.61. The molecule has 5 N–H and O–H groups in total. The Bertz CT molecular complexity index is 1790. The second kappa shape index (κ2) is 24.2. The molecule has 0 aromatic rings. The van der Waals surface area contributed by atoms with Gasteiger partial charge in [0.2, 0.25) is 0 Å². The van der Waals surface area contributed by atoms with Crippen LogP contribution in [0.25, 0.3) is 0 Å². The van der Waals surface area contributed by atoms with Gasteiger partial charge in [0.1, 0.15) is 44.6 Å². The SMILES string of the molecule is C=C[C@@H]1C[C@]1(NC(=O)OC(C)(C)C)C(=O)OCC.C=C[C@H]1C[C@@]1(NC(=O)OC(C)(C)C)C(=O)O.C=C[C@H]1C[C@@]1(NC(=O)OC(C)(C)C)C(=O)OCC.C=C[C@H]1C[C@]1(NC(=O)OC(C)(C)C)C(=O)OCC. The number of hydrogen-bond donors (Lipinski definition) is 5. The van der Waals surface area contributed by atoms with Crippen LogP contribution in [0.4, 0.5) is 19.2 Å². The van der Waals surface area contributed by atoms with E-state index in [1.807, 2.05) is 0 Å². The molecule has 20 nitrogen and oxygen atoms in total. The zero-order valence-corrected chi connectivity index (χ0v) is 44.0. The Hall–Kier alpha value is -6.08. The number of carboxylic acids is 1. The van der Waals surface area contributed by atoms with Gasteiger partial charge in [0.15, 0.2) is 0 Å². The smallest absolute Gasteiger partial charge is 0.408 e. The lowest BCUT2D eigenvalue weighted by molar-refractivity contribution is -0.148. The Balaban J connectivity index is 0.000000467. The van der Waals surface area contributed by atoms with Gasteiger partial charge in [-0.25, -0.2) is 38.4 Å². The summed E-state index contributed by atoms with van der Waals surface area (Å²) >= 11 is 0. The van der Waals surface area contributed by atoms with E-state index in [0.717, 1.165) is 0 Å². The van der Waals surface area contributed by atoms with Crippen LogP contribution in [0, 0.1) is 23.7 Å². The molecule has 0 unspecified atom stereocenters. The van der Waals surface area contributed by atoms with Gasteiger partial charge in [0.25, 0.3) is 0 Å². The van der Waals surface area contributed by atoms with E-state index in [4.69, 9.17) is 38.3 Å². The molecule has 0 heterocycles. The van der Waals surface area contributed by atoms with Gasteiger partial charge in [0, 0.05) is 23.7 Å². The largest absolute Gasteiger partial charge is 0.479 e. The van der Waals surface area contributed by atoms with Crippen LogP contribution < -0.4 is 21.3 Å². The molecule has 0 radical (unpaired) electrons. The maximum Gasteiger partial charge on any atom is 0.408 e. The highest BCUT2D eigenvalue weighted by atomic mass is 16.6. The van der Waals surface area contributed by atoms with Crippen molar-refractivity contribution >= 4 is 48.3 Å². The van der Waals surface area contributed by atoms with Crippen LogP contribution in [0.1, 0.15) is 130 Å². The molecule has 4 saturated carbocycles. The van der Waals surface area contributed by atoms with Crippen LogP contribution in [0.2, 0.25) is 0 Å². The minimum Gasteiger partial charge on any atom is -0.479 e. The van der Waals surface area contributed by atoms with Crippen LogP contribution >= 0.6 is 0 Å². The van der Waals surface area contributed by atoms with Gasteiger partial charge < -0.3 is 59.5 Å². The minimum atomic E-state index is -1.22. The minimum absolute atomic E-state index is 0.0935. The molecular formula is C50H80N4O16. The van der Waals surface area contributed by atoms with Crippen molar-refractivity contribution in [2.75, 3.05) is 19.8 Å². The van der Waals surface area contributed by atoms with Crippen molar-refractivity contribution in [1.29, 1.82) is 0 Å². The van der Waals surface area contributed by atoms with Gasteiger partial charge in [0.05, 0.1) is 19.8 Å². The zero-order valence-electron chi connectivity index (χ0n) is 44.0. The third-order valence-electron chi connectivity index (χ3n) is 10.4. The van der Waals surface area contributed by atoms with Crippen LogP contribution in [0.15, 0.2) is 50.6 Å². The van der Waals surface area contributed by atoms with Crippen molar-refractivity contribution in [2.24, 2.45) is 23.7 Å². The summed E-state index contributed by atoms with van der Waals surface area (Å²) in [7, 11) is 0. The Morgan fingerprint density at radius 2 is 0.614 bits per heavy atom. The van der Waals surface area contributed by atoms with Gasteiger partial charge in [-0.15, -0.1) is 26.3 Å². The Kier molecular flexibility index (Phi) is 21.4. The molecule has 4 amide bonds. The Morgan fingerprint density at radius 1 is 0.429 bits per heavy atom. The number of hydrogen-bond acceptors (Lipinski definition) is 15. The van der Waals surface area contributed by atoms with Crippen molar-refractivity contribution in [2.45, 2.75) is 174 Å². The summed E-state index contributed by atoms with van der Waals surface area (Å²) in [5, 5.41) is 19.2. The third kappa shape index (κ3) is 18.7. The van der Waals surface area contributed by atoms with Crippen molar-refractivity contribution in [3.8, 4) is 0 Å². The molecule has 4 aliphatic carbocycles. The fraction of sp³-hybridized carbons (Fsp3) is 0.680. The predicted molar refractivity (Wildman–Crippen MR) is 259 cm³/mol. The molecular weight excluding hydrogens is 913 g/mol.